The Kier molecular flexibility index (Phi) is 8.35. The van der Waals surface area contributed by atoms with Gasteiger partial charge >= 0.3 is 0 Å². The van der Waals surface area contributed by atoms with Crippen LogP contribution in [0.3, 0.4) is 0 Å². The Balaban J connectivity index is 1.49. The van der Waals surface area contributed by atoms with E-state index in [2.05, 4.69) is 16.0 Å². The molecule has 39 heavy (non-hydrogen) atoms. The molecule has 4 rings (SSSR count). The lowest BCUT2D eigenvalue weighted by atomic mass is 10.1. The first-order valence-corrected chi connectivity index (χ1v) is 12.9. The standard InChI is InChI=1S/C30H30ClFN4O3/c1-17(2)28(37)33-16-19-5-11-25(31)24(13-19)29(38)35-23-10-12-26-21(14-23)15-27(36(26)4)30(39)34-18(3)20-6-8-22(32)9-7-20/h5-15,17-18H,16H2,1-4H3,(H,33,37)(H,34,39)(H,35,38). The van der Waals surface area contributed by atoms with Gasteiger partial charge in [-0.1, -0.05) is 43.6 Å². The SMILES string of the molecule is CC(C)C(=O)NCc1ccc(Cl)c(C(=O)Nc2ccc3c(c2)cc(C(=O)NC(C)c2ccc(F)cc2)n3C)c1. The van der Waals surface area contributed by atoms with Crippen molar-refractivity contribution >= 4 is 45.9 Å². The molecule has 202 valence electrons. The Morgan fingerprint density at radius 1 is 0.923 bits per heavy atom. The molecule has 0 aliphatic carbocycles. The average molecular weight is 549 g/mol. The topological polar surface area (TPSA) is 92.2 Å². The Bertz CT molecular complexity index is 1550. The van der Waals surface area contributed by atoms with Gasteiger partial charge in [-0.05, 0) is 66.6 Å². The molecule has 0 saturated heterocycles. The molecular formula is C30H30ClFN4O3. The Morgan fingerprint density at radius 3 is 2.33 bits per heavy atom. The van der Waals surface area contributed by atoms with Crippen molar-refractivity contribution in [3.63, 3.8) is 0 Å². The lowest BCUT2D eigenvalue weighted by Crippen LogP contribution is -2.28. The third-order valence-electron chi connectivity index (χ3n) is 6.52. The number of amides is 3. The number of benzene rings is 3. The number of rotatable bonds is 8. The maximum atomic E-state index is 13.2. The van der Waals surface area contributed by atoms with Gasteiger partial charge in [0, 0.05) is 36.1 Å². The molecule has 0 aliphatic rings. The molecule has 9 heteroatoms. The van der Waals surface area contributed by atoms with E-state index in [0.29, 0.717) is 16.4 Å². The number of anilines is 1. The van der Waals surface area contributed by atoms with Crippen LogP contribution in [0.15, 0.2) is 66.7 Å². The van der Waals surface area contributed by atoms with Crippen LogP contribution in [0.1, 0.15) is 58.8 Å². The highest BCUT2D eigenvalue weighted by Crippen LogP contribution is 2.25. The molecule has 4 aromatic rings. The Hall–Kier alpha value is -4.17. The van der Waals surface area contributed by atoms with E-state index >= 15 is 0 Å². The van der Waals surface area contributed by atoms with Crippen LogP contribution in [0.2, 0.25) is 5.02 Å². The monoisotopic (exact) mass is 548 g/mol. The number of carbonyl (C=O) groups excluding carboxylic acids is 3. The van der Waals surface area contributed by atoms with Crippen molar-refractivity contribution in [1.29, 1.82) is 0 Å². The van der Waals surface area contributed by atoms with Crippen LogP contribution in [0.5, 0.6) is 0 Å². The maximum Gasteiger partial charge on any atom is 0.268 e. The maximum absolute atomic E-state index is 13.2. The average Bonchev–Trinajstić information content (AvgIpc) is 3.23. The van der Waals surface area contributed by atoms with Crippen LogP contribution in [-0.2, 0) is 18.4 Å². The molecule has 1 atom stereocenters. The van der Waals surface area contributed by atoms with E-state index in [9.17, 15) is 18.8 Å². The molecule has 1 unspecified atom stereocenters. The minimum absolute atomic E-state index is 0.0786. The van der Waals surface area contributed by atoms with E-state index in [1.807, 2.05) is 26.8 Å². The van der Waals surface area contributed by atoms with E-state index < -0.39 is 5.91 Å². The van der Waals surface area contributed by atoms with Crippen LogP contribution in [0.25, 0.3) is 10.9 Å². The lowest BCUT2D eigenvalue weighted by Gasteiger charge is -2.14. The summed E-state index contributed by atoms with van der Waals surface area (Å²) in [5.41, 5.74) is 3.63. The molecule has 0 bridgehead atoms. The molecule has 1 heterocycles. The minimum Gasteiger partial charge on any atom is -0.352 e. The highest BCUT2D eigenvalue weighted by Gasteiger charge is 2.18. The number of aryl methyl sites for hydroxylation is 1. The summed E-state index contributed by atoms with van der Waals surface area (Å²) < 4.78 is 15.0. The second-order valence-electron chi connectivity index (χ2n) is 9.75. The molecule has 0 radical (unpaired) electrons. The van der Waals surface area contributed by atoms with Crippen molar-refractivity contribution in [3.05, 3.63) is 100.0 Å². The zero-order valence-electron chi connectivity index (χ0n) is 22.1. The van der Waals surface area contributed by atoms with Gasteiger partial charge in [-0.15, -0.1) is 0 Å². The first kappa shape index (κ1) is 27.9. The summed E-state index contributed by atoms with van der Waals surface area (Å²) in [6.07, 6.45) is 0. The highest BCUT2D eigenvalue weighted by molar-refractivity contribution is 6.34. The fourth-order valence-electron chi connectivity index (χ4n) is 4.20. The molecule has 0 fully saturated rings. The molecule has 7 nitrogen and oxygen atoms in total. The van der Waals surface area contributed by atoms with Gasteiger partial charge in [0.05, 0.1) is 16.6 Å². The fourth-order valence-corrected chi connectivity index (χ4v) is 4.40. The smallest absolute Gasteiger partial charge is 0.268 e. The van der Waals surface area contributed by atoms with E-state index in [1.165, 1.54) is 12.1 Å². The lowest BCUT2D eigenvalue weighted by molar-refractivity contribution is -0.124. The Labute approximate surface area is 231 Å². The van der Waals surface area contributed by atoms with Crippen LogP contribution in [0.4, 0.5) is 10.1 Å². The third-order valence-corrected chi connectivity index (χ3v) is 6.85. The second-order valence-corrected chi connectivity index (χ2v) is 10.2. The first-order chi connectivity index (χ1) is 18.5. The Morgan fingerprint density at radius 2 is 1.64 bits per heavy atom. The number of halogens is 2. The van der Waals surface area contributed by atoms with Crippen LogP contribution in [0, 0.1) is 11.7 Å². The number of fused-ring (bicyclic) bond motifs is 1. The van der Waals surface area contributed by atoms with E-state index in [4.69, 9.17) is 11.6 Å². The molecule has 3 N–H and O–H groups in total. The zero-order valence-corrected chi connectivity index (χ0v) is 22.9. The number of hydrogen-bond donors (Lipinski definition) is 3. The highest BCUT2D eigenvalue weighted by atomic mass is 35.5. The quantitative estimate of drug-likeness (QED) is 0.253. The normalized spacial score (nSPS) is 11.9. The van der Waals surface area contributed by atoms with Crippen molar-refractivity contribution in [3.8, 4) is 0 Å². The van der Waals surface area contributed by atoms with Gasteiger partial charge in [-0.3, -0.25) is 14.4 Å². The number of aromatic nitrogens is 1. The summed E-state index contributed by atoms with van der Waals surface area (Å²) in [5, 5.41) is 9.70. The van der Waals surface area contributed by atoms with Crippen molar-refractivity contribution in [1.82, 2.24) is 15.2 Å². The van der Waals surface area contributed by atoms with Gasteiger partial charge in [-0.2, -0.15) is 0 Å². The summed E-state index contributed by atoms with van der Waals surface area (Å²) in [6.45, 7) is 5.74. The largest absolute Gasteiger partial charge is 0.352 e. The van der Waals surface area contributed by atoms with Gasteiger partial charge in [0.15, 0.2) is 0 Å². The van der Waals surface area contributed by atoms with E-state index in [0.717, 1.165) is 22.0 Å². The van der Waals surface area contributed by atoms with Gasteiger partial charge in [0.2, 0.25) is 5.91 Å². The predicted molar refractivity (Wildman–Crippen MR) is 151 cm³/mol. The number of nitrogens with one attached hydrogen (secondary N) is 3. The van der Waals surface area contributed by atoms with Gasteiger partial charge in [0.1, 0.15) is 11.5 Å². The zero-order chi connectivity index (χ0) is 28.3. The summed E-state index contributed by atoms with van der Waals surface area (Å²) in [5.74, 6) is -1.22. The minimum atomic E-state index is -0.390. The molecule has 0 spiro atoms. The number of nitrogens with zero attached hydrogens (tertiary/aromatic N) is 1. The van der Waals surface area contributed by atoms with Crippen molar-refractivity contribution in [2.45, 2.75) is 33.4 Å². The predicted octanol–water partition coefficient (Wildman–Crippen LogP) is 5.99. The first-order valence-electron chi connectivity index (χ1n) is 12.6. The van der Waals surface area contributed by atoms with Crippen molar-refractivity contribution < 1.29 is 18.8 Å². The molecule has 3 amide bonds. The van der Waals surface area contributed by atoms with Crippen LogP contribution >= 0.6 is 11.6 Å². The van der Waals surface area contributed by atoms with Crippen LogP contribution < -0.4 is 16.0 Å². The second kappa shape index (κ2) is 11.7. The number of carbonyl (C=O) groups is 3. The van der Waals surface area contributed by atoms with Gasteiger partial charge in [-0.25, -0.2) is 4.39 Å². The number of hydrogen-bond acceptors (Lipinski definition) is 3. The molecule has 0 saturated carbocycles. The van der Waals surface area contributed by atoms with Crippen molar-refractivity contribution in [2.75, 3.05) is 5.32 Å². The van der Waals surface area contributed by atoms with E-state index in [-0.39, 0.29) is 41.7 Å². The van der Waals surface area contributed by atoms with Crippen LogP contribution in [-0.4, -0.2) is 22.3 Å². The third kappa shape index (κ3) is 6.46. The van der Waals surface area contributed by atoms with Gasteiger partial charge in [0.25, 0.3) is 11.8 Å². The molecule has 1 aromatic heterocycles. The van der Waals surface area contributed by atoms with E-state index in [1.54, 1.807) is 60.1 Å². The molecular weight excluding hydrogens is 519 g/mol. The fraction of sp³-hybridized carbons (Fsp3) is 0.233. The molecule has 0 aliphatic heterocycles. The summed E-state index contributed by atoms with van der Waals surface area (Å²) >= 11 is 6.30. The summed E-state index contributed by atoms with van der Waals surface area (Å²) in [7, 11) is 1.79. The summed E-state index contributed by atoms with van der Waals surface area (Å²) in [4.78, 5) is 38.0. The van der Waals surface area contributed by atoms with Crippen molar-refractivity contribution in [2.24, 2.45) is 13.0 Å². The molecule has 3 aromatic carbocycles. The summed E-state index contributed by atoms with van der Waals surface area (Å²) in [6, 6.07) is 17.9. The van der Waals surface area contributed by atoms with Gasteiger partial charge < -0.3 is 20.5 Å².